The Bertz CT molecular complexity index is 2790. The summed E-state index contributed by atoms with van der Waals surface area (Å²) < 4.78 is 80.4. The van der Waals surface area contributed by atoms with Crippen molar-refractivity contribution >= 4 is 70.6 Å². The van der Waals surface area contributed by atoms with E-state index in [2.05, 4.69) is 41.5 Å². The molecule has 0 amide bonds. The van der Waals surface area contributed by atoms with Gasteiger partial charge < -0.3 is 19.5 Å². The zero-order valence-electron chi connectivity index (χ0n) is 37.2. The third-order valence-corrected chi connectivity index (χ3v) is 14.1. The molecule has 1 unspecified atom stereocenters. The number of rotatable bonds is 22. The van der Waals surface area contributed by atoms with Crippen molar-refractivity contribution in [2.45, 2.75) is 87.9 Å². The number of carbonyl (C=O) groups is 2. The van der Waals surface area contributed by atoms with Crippen LogP contribution in [0.1, 0.15) is 93.6 Å². The highest BCUT2D eigenvalue weighted by Crippen LogP contribution is 2.53. The lowest BCUT2D eigenvalue weighted by Crippen LogP contribution is -2.31. The van der Waals surface area contributed by atoms with E-state index in [-0.39, 0.29) is 23.5 Å². The summed E-state index contributed by atoms with van der Waals surface area (Å²) in [7, 11) is -5.48. The second kappa shape index (κ2) is 20.0. The number of carboxylic acids is 1. The van der Waals surface area contributed by atoms with Crippen molar-refractivity contribution in [1.82, 2.24) is 0 Å². The number of ketones is 1. The number of anilines is 1. The number of hydrogen-bond donors (Lipinski definition) is 3. The number of benzene rings is 4. The lowest BCUT2D eigenvalue weighted by atomic mass is 9.76. The van der Waals surface area contributed by atoms with Crippen LogP contribution in [-0.2, 0) is 45.3 Å². The lowest BCUT2D eigenvalue weighted by molar-refractivity contribution is -0.438. The highest BCUT2D eigenvalue weighted by atomic mass is 32.2. The molecule has 0 saturated carbocycles. The summed E-state index contributed by atoms with van der Waals surface area (Å²) in [4.78, 5) is 26.2. The number of ether oxygens (including phenoxy) is 2. The van der Waals surface area contributed by atoms with E-state index in [0.717, 1.165) is 62.9 Å². The van der Waals surface area contributed by atoms with Crippen LogP contribution in [-0.4, -0.2) is 99.4 Å². The van der Waals surface area contributed by atoms with Crippen molar-refractivity contribution in [3.8, 4) is 0 Å². The van der Waals surface area contributed by atoms with Crippen molar-refractivity contribution in [2.75, 3.05) is 51.2 Å². The molecule has 0 spiro atoms. The SMILES string of the molecule is COCCCC(=O)c1ccc2c3c(ccc2c1)[N+](CCCCCC(=O)O)=C(C=CC=CC=C1N(CCOC)c2ccc4cc(S(=O)(=O)O)ccc4c2C1(C)CCCS(=O)(=O)O)C3(C)C. The number of nitrogens with zero attached hydrogens (tertiary/aromatic N) is 2. The minimum absolute atomic E-state index is 0.0722. The quantitative estimate of drug-likeness (QED) is 0.0224. The fourth-order valence-electron chi connectivity index (χ4n) is 9.49. The number of carboxylic acid groups (broad SMARTS) is 1. The van der Waals surface area contributed by atoms with Gasteiger partial charge in [-0.15, -0.1) is 0 Å². The first-order chi connectivity index (χ1) is 30.3. The van der Waals surface area contributed by atoms with Crippen molar-refractivity contribution < 1.29 is 54.7 Å². The number of carbonyl (C=O) groups excluding carboxylic acids is 1. The van der Waals surface area contributed by atoms with Gasteiger partial charge in [0.25, 0.3) is 20.2 Å². The highest BCUT2D eigenvalue weighted by Gasteiger charge is 2.46. The molecule has 0 aromatic heterocycles. The van der Waals surface area contributed by atoms with Gasteiger partial charge in [0.2, 0.25) is 5.69 Å². The van der Waals surface area contributed by atoms with Gasteiger partial charge in [0.1, 0.15) is 6.54 Å². The van der Waals surface area contributed by atoms with Crippen LogP contribution < -0.4 is 4.90 Å². The second-order valence-electron chi connectivity index (χ2n) is 17.3. The first-order valence-corrected chi connectivity index (χ1v) is 24.6. The van der Waals surface area contributed by atoms with E-state index in [4.69, 9.17) is 9.47 Å². The fraction of sp³-hybridized carbons (Fsp3) is 0.408. The Balaban J connectivity index is 1.39. The molecule has 342 valence electrons. The molecule has 4 aromatic rings. The molecular weight excluding hydrogens is 857 g/mol. The maximum Gasteiger partial charge on any atom is 0.303 e. The Morgan fingerprint density at radius 2 is 1.47 bits per heavy atom. The van der Waals surface area contributed by atoms with Crippen LogP contribution in [0.15, 0.2) is 102 Å². The molecule has 0 bridgehead atoms. The Hall–Kier alpha value is -5.03. The number of allylic oxidation sites excluding steroid dienone is 6. The maximum atomic E-state index is 13.0. The Kier molecular flexibility index (Phi) is 15.1. The van der Waals surface area contributed by atoms with Crippen molar-refractivity contribution in [2.24, 2.45) is 0 Å². The molecule has 15 heteroatoms. The Labute approximate surface area is 376 Å². The van der Waals surface area contributed by atoms with Crippen LogP contribution in [0.2, 0.25) is 0 Å². The van der Waals surface area contributed by atoms with Gasteiger partial charge in [-0.2, -0.15) is 21.4 Å². The molecule has 64 heavy (non-hydrogen) atoms. The number of hydrogen-bond acceptors (Lipinski definition) is 9. The molecule has 3 N–H and O–H groups in total. The average Bonchev–Trinajstić information content (AvgIpc) is 3.60. The minimum atomic E-state index is -4.47. The molecule has 1 atom stereocenters. The molecule has 2 aliphatic rings. The first-order valence-electron chi connectivity index (χ1n) is 21.6. The van der Waals surface area contributed by atoms with Gasteiger partial charge in [0, 0.05) is 86.7 Å². The van der Waals surface area contributed by atoms with Crippen molar-refractivity contribution in [3.05, 3.63) is 113 Å². The topological polar surface area (TPSA) is 188 Å². The van der Waals surface area contributed by atoms with Crippen LogP contribution in [0.4, 0.5) is 11.4 Å². The van der Waals surface area contributed by atoms with Crippen LogP contribution in [0.5, 0.6) is 0 Å². The van der Waals surface area contributed by atoms with Crippen LogP contribution in [0, 0.1) is 0 Å². The molecular formula is C49H59N2O11S2+. The monoisotopic (exact) mass is 915 g/mol. The van der Waals surface area contributed by atoms with Gasteiger partial charge in [-0.1, -0.05) is 42.5 Å². The van der Waals surface area contributed by atoms with Crippen LogP contribution in [0.25, 0.3) is 21.5 Å². The number of Topliss-reactive ketones (excluding diaryl/α,β-unsaturated/α-hetero) is 1. The number of fused-ring (bicyclic) bond motifs is 6. The summed E-state index contributed by atoms with van der Waals surface area (Å²) in [6, 6.07) is 18.2. The fourth-order valence-corrected chi connectivity index (χ4v) is 10.5. The van der Waals surface area contributed by atoms with Gasteiger partial charge in [0.15, 0.2) is 11.5 Å². The average molecular weight is 916 g/mol. The first kappa shape index (κ1) is 48.4. The third kappa shape index (κ3) is 10.6. The third-order valence-electron chi connectivity index (χ3n) is 12.5. The van der Waals surface area contributed by atoms with E-state index in [0.29, 0.717) is 62.9 Å². The summed E-state index contributed by atoms with van der Waals surface area (Å²) in [6.07, 6.45) is 13.7. The molecule has 0 fully saturated rings. The Morgan fingerprint density at radius 3 is 2.17 bits per heavy atom. The summed E-state index contributed by atoms with van der Waals surface area (Å²) in [5.41, 5.74) is 5.27. The van der Waals surface area contributed by atoms with Gasteiger partial charge in [-0.05, 0) is 116 Å². The summed E-state index contributed by atoms with van der Waals surface area (Å²) >= 11 is 0. The summed E-state index contributed by atoms with van der Waals surface area (Å²) in [5.74, 6) is -1.17. The predicted octanol–water partition coefficient (Wildman–Crippen LogP) is 8.96. The van der Waals surface area contributed by atoms with E-state index < -0.39 is 42.8 Å². The standard InChI is InChI=1S/C49H58N2O11S2/c1-48(2)43(50(27-11-7-10-17-45(53)54)40-24-19-34-32-36(18-22-38(34)46(40)48)42(52)14-12-29-61-4)15-8-6-9-16-44-49(3,26-13-31-63(55,56)57)47-39-23-21-37(64(58,59)60)33-35(39)20-25-41(47)51(44)28-30-62-5/h6,8-9,15-16,18-25,32-33H,7,10-14,17,26-31H2,1-5H3,(H2-,53,54,55,56,57,58,59,60)/p+1. The predicted molar refractivity (Wildman–Crippen MR) is 251 cm³/mol. The van der Waals surface area contributed by atoms with Gasteiger partial charge in [-0.25, -0.2) is 0 Å². The highest BCUT2D eigenvalue weighted by molar-refractivity contribution is 7.86. The van der Waals surface area contributed by atoms with E-state index in [1.165, 1.54) is 12.1 Å². The van der Waals surface area contributed by atoms with Crippen LogP contribution in [0.3, 0.4) is 0 Å². The van der Waals surface area contributed by atoms with E-state index in [1.54, 1.807) is 26.4 Å². The second-order valence-corrected chi connectivity index (χ2v) is 20.3. The van der Waals surface area contributed by atoms with Gasteiger partial charge in [-0.3, -0.25) is 18.7 Å². The molecule has 13 nitrogen and oxygen atoms in total. The summed E-state index contributed by atoms with van der Waals surface area (Å²) in [5, 5.41) is 12.6. The number of unbranched alkanes of at least 4 members (excludes halogenated alkanes) is 2. The normalized spacial score (nSPS) is 18.0. The van der Waals surface area contributed by atoms with Crippen LogP contribution >= 0.6 is 0 Å². The van der Waals surface area contributed by atoms with Crippen molar-refractivity contribution in [1.29, 1.82) is 0 Å². The molecule has 4 aromatic carbocycles. The minimum Gasteiger partial charge on any atom is -0.481 e. The smallest absolute Gasteiger partial charge is 0.303 e. The van der Waals surface area contributed by atoms with E-state index in [1.807, 2.05) is 55.5 Å². The number of aliphatic carboxylic acids is 1. The largest absolute Gasteiger partial charge is 0.481 e. The molecule has 0 aliphatic carbocycles. The Morgan fingerprint density at radius 1 is 0.766 bits per heavy atom. The van der Waals surface area contributed by atoms with E-state index >= 15 is 0 Å². The maximum absolute atomic E-state index is 13.0. The molecule has 0 radical (unpaired) electrons. The zero-order chi connectivity index (χ0) is 46.5. The summed E-state index contributed by atoms with van der Waals surface area (Å²) in [6.45, 7) is 8.44. The van der Waals surface area contributed by atoms with Gasteiger partial charge in [0.05, 0.1) is 22.7 Å². The van der Waals surface area contributed by atoms with Crippen molar-refractivity contribution in [3.63, 3.8) is 0 Å². The number of methoxy groups -OCH3 is 2. The van der Waals surface area contributed by atoms with E-state index in [9.17, 15) is 40.6 Å². The zero-order valence-corrected chi connectivity index (χ0v) is 38.8. The lowest BCUT2D eigenvalue weighted by Gasteiger charge is -2.30. The molecule has 2 heterocycles. The molecule has 0 saturated heterocycles. The van der Waals surface area contributed by atoms with Gasteiger partial charge >= 0.3 is 5.97 Å². The molecule has 2 aliphatic heterocycles. The molecule has 6 rings (SSSR count).